The Labute approximate surface area is 129 Å². The summed E-state index contributed by atoms with van der Waals surface area (Å²) in [6, 6.07) is 9.19. The van der Waals surface area contributed by atoms with Crippen LogP contribution < -0.4 is 14.9 Å². The summed E-state index contributed by atoms with van der Waals surface area (Å²) >= 11 is 0. The van der Waals surface area contributed by atoms with Gasteiger partial charge in [0.25, 0.3) is 0 Å². The first-order chi connectivity index (χ1) is 10.6. The molecular formula is C16H19N3O3. The normalized spacial score (nSPS) is 10.7. The standard InChI is InChI=1S/C16H19N3O3/c1-19-8-4-5-13(19)11-17-18-16(20)10-12-6-7-14(21-2)15(9-12)22-3/h4-9,11H,10H2,1-3H3,(H,18,20). The van der Waals surface area contributed by atoms with E-state index in [9.17, 15) is 4.79 Å². The van der Waals surface area contributed by atoms with Crippen molar-refractivity contribution in [2.75, 3.05) is 14.2 Å². The molecule has 0 aliphatic rings. The van der Waals surface area contributed by atoms with E-state index >= 15 is 0 Å². The zero-order valence-electron chi connectivity index (χ0n) is 12.9. The Kier molecular flexibility index (Phi) is 5.19. The highest BCUT2D eigenvalue weighted by Crippen LogP contribution is 2.27. The molecule has 0 aliphatic carbocycles. The molecule has 6 nitrogen and oxygen atoms in total. The third-order valence-corrected chi connectivity index (χ3v) is 3.18. The highest BCUT2D eigenvalue weighted by atomic mass is 16.5. The van der Waals surface area contributed by atoms with E-state index in [1.54, 1.807) is 32.6 Å². The maximum absolute atomic E-state index is 11.9. The molecule has 0 spiro atoms. The summed E-state index contributed by atoms with van der Waals surface area (Å²) < 4.78 is 12.3. The van der Waals surface area contributed by atoms with E-state index in [2.05, 4.69) is 10.5 Å². The number of carbonyl (C=O) groups excluding carboxylic acids is 1. The highest BCUT2D eigenvalue weighted by Gasteiger charge is 2.07. The second-order valence-corrected chi connectivity index (χ2v) is 4.70. The molecule has 6 heteroatoms. The molecule has 116 valence electrons. The Hall–Kier alpha value is -2.76. The number of amides is 1. The molecule has 0 aliphatic heterocycles. The van der Waals surface area contributed by atoms with Crippen LogP contribution in [0.5, 0.6) is 11.5 Å². The molecule has 1 N–H and O–H groups in total. The molecule has 1 aromatic carbocycles. The topological polar surface area (TPSA) is 64.8 Å². The van der Waals surface area contributed by atoms with Crippen LogP contribution in [0.15, 0.2) is 41.6 Å². The fraction of sp³-hybridized carbons (Fsp3) is 0.250. The van der Waals surface area contributed by atoms with Gasteiger partial charge in [0.15, 0.2) is 11.5 Å². The van der Waals surface area contributed by atoms with Crippen LogP contribution in [0, 0.1) is 0 Å². The first-order valence-electron chi connectivity index (χ1n) is 6.78. The first-order valence-corrected chi connectivity index (χ1v) is 6.78. The van der Waals surface area contributed by atoms with Gasteiger partial charge in [0.1, 0.15) is 0 Å². The van der Waals surface area contributed by atoms with E-state index in [4.69, 9.17) is 9.47 Å². The zero-order chi connectivity index (χ0) is 15.9. The molecule has 1 heterocycles. The lowest BCUT2D eigenvalue weighted by molar-refractivity contribution is -0.120. The molecule has 0 fully saturated rings. The number of rotatable bonds is 6. The minimum Gasteiger partial charge on any atom is -0.493 e. The third-order valence-electron chi connectivity index (χ3n) is 3.18. The van der Waals surface area contributed by atoms with Gasteiger partial charge in [-0.15, -0.1) is 0 Å². The van der Waals surface area contributed by atoms with Gasteiger partial charge in [0.2, 0.25) is 5.91 Å². The number of carbonyl (C=O) groups is 1. The number of ether oxygens (including phenoxy) is 2. The number of hydrogen-bond acceptors (Lipinski definition) is 4. The summed E-state index contributed by atoms with van der Waals surface area (Å²) in [7, 11) is 5.04. The van der Waals surface area contributed by atoms with Crippen molar-refractivity contribution in [2.24, 2.45) is 12.1 Å². The van der Waals surface area contributed by atoms with Gasteiger partial charge < -0.3 is 14.0 Å². The summed E-state index contributed by atoms with van der Waals surface area (Å²) in [5, 5.41) is 3.95. The zero-order valence-corrected chi connectivity index (χ0v) is 12.9. The van der Waals surface area contributed by atoms with Crippen LogP contribution in [0.25, 0.3) is 0 Å². The second-order valence-electron chi connectivity index (χ2n) is 4.70. The largest absolute Gasteiger partial charge is 0.493 e. The van der Waals surface area contributed by atoms with E-state index in [-0.39, 0.29) is 12.3 Å². The Morgan fingerprint density at radius 1 is 1.27 bits per heavy atom. The predicted molar refractivity (Wildman–Crippen MR) is 84.4 cm³/mol. The Morgan fingerprint density at radius 3 is 2.68 bits per heavy atom. The van der Waals surface area contributed by atoms with E-state index in [1.807, 2.05) is 36.0 Å². The fourth-order valence-electron chi connectivity index (χ4n) is 1.99. The smallest absolute Gasteiger partial charge is 0.244 e. The van der Waals surface area contributed by atoms with Crippen molar-refractivity contribution >= 4 is 12.1 Å². The van der Waals surface area contributed by atoms with Crippen LogP contribution in [0.2, 0.25) is 0 Å². The van der Waals surface area contributed by atoms with Crippen molar-refractivity contribution in [3.8, 4) is 11.5 Å². The third kappa shape index (κ3) is 3.88. The molecule has 0 unspecified atom stereocenters. The lowest BCUT2D eigenvalue weighted by Gasteiger charge is -2.09. The summed E-state index contributed by atoms with van der Waals surface area (Å²) in [6.07, 6.45) is 3.73. The number of hydrazone groups is 1. The molecule has 2 rings (SSSR count). The van der Waals surface area contributed by atoms with Gasteiger partial charge in [0, 0.05) is 13.2 Å². The van der Waals surface area contributed by atoms with Crippen LogP contribution in [-0.2, 0) is 18.3 Å². The molecular weight excluding hydrogens is 282 g/mol. The molecule has 0 saturated carbocycles. The lowest BCUT2D eigenvalue weighted by Crippen LogP contribution is -2.20. The summed E-state index contributed by atoms with van der Waals surface area (Å²) in [5.41, 5.74) is 4.24. The van der Waals surface area contributed by atoms with Gasteiger partial charge in [-0.05, 0) is 29.8 Å². The minimum absolute atomic E-state index is 0.197. The molecule has 0 bridgehead atoms. The molecule has 0 radical (unpaired) electrons. The summed E-state index contributed by atoms with van der Waals surface area (Å²) in [6.45, 7) is 0. The minimum atomic E-state index is -0.197. The summed E-state index contributed by atoms with van der Waals surface area (Å²) in [4.78, 5) is 11.9. The Balaban J connectivity index is 1.94. The van der Waals surface area contributed by atoms with Crippen molar-refractivity contribution in [3.63, 3.8) is 0 Å². The lowest BCUT2D eigenvalue weighted by atomic mass is 10.1. The number of methoxy groups -OCH3 is 2. The summed E-state index contributed by atoms with van der Waals surface area (Å²) in [5.74, 6) is 1.03. The molecule has 0 saturated heterocycles. The van der Waals surface area contributed by atoms with Gasteiger partial charge in [0.05, 0.1) is 32.5 Å². The monoisotopic (exact) mass is 301 g/mol. The predicted octanol–water partition coefficient (Wildman–Crippen LogP) is 1.74. The average Bonchev–Trinajstić information content (AvgIpc) is 2.92. The van der Waals surface area contributed by atoms with Crippen molar-refractivity contribution in [3.05, 3.63) is 47.8 Å². The van der Waals surface area contributed by atoms with Crippen molar-refractivity contribution < 1.29 is 14.3 Å². The van der Waals surface area contributed by atoms with E-state index in [1.165, 1.54) is 0 Å². The van der Waals surface area contributed by atoms with Gasteiger partial charge >= 0.3 is 0 Å². The Bertz CT molecular complexity index is 677. The maximum Gasteiger partial charge on any atom is 0.244 e. The fourth-order valence-corrected chi connectivity index (χ4v) is 1.99. The second kappa shape index (κ2) is 7.31. The average molecular weight is 301 g/mol. The SMILES string of the molecule is COc1ccc(CC(=O)NN=Cc2cccn2C)cc1OC. The van der Waals surface area contributed by atoms with Gasteiger partial charge in [-0.1, -0.05) is 6.07 Å². The van der Waals surface area contributed by atoms with Gasteiger partial charge in [-0.25, -0.2) is 5.43 Å². The van der Waals surface area contributed by atoms with Crippen molar-refractivity contribution in [1.29, 1.82) is 0 Å². The van der Waals surface area contributed by atoms with Crippen LogP contribution in [0.3, 0.4) is 0 Å². The van der Waals surface area contributed by atoms with Crippen molar-refractivity contribution in [1.82, 2.24) is 9.99 Å². The number of nitrogens with zero attached hydrogens (tertiary/aromatic N) is 2. The van der Waals surface area contributed by atoms with E-state index < -0.39 is 0 Å². The number of hydrogen-bond donors (Lipinski definition) is 1. The van der Waals surface area contributed by atoms with Gasteiger partial charge in [-0.3, -0.25) is 4.79 Å². The van der Waals surface area contributed by atoms with Crippen LogP contribution in [0.1, 0.15) is 11.3 Å². The molecule has 22 heavy (non-hydrogen) atoms. The number of aromatic nitrogens is 1. The number of aryl methyl sites for hydroxylation is 1. The van der Waals surface area contributed by atoms with Crippen LogP contribution in [0.4, 0.5) is 0 Å². The Morgan fingerprint density at radius 2 is 2.05 bits per heavy atom. The maximum atomic E-state index is 11.9. The van der Waals surface area contributed by atoms with Crippen molar-refractivity contribution in [2.45, 2.75) is 6.42 Å². The number of benzene rings is 1. The quantitative estimate of drug-likeness (QED) is 0.653. The van der Waals surface area contributed by atoms with Crippen LogP contribution >= 0.6 is 0 Å². The highest BCUT2D eigenvalue weighted by molar-refractivity contribution is 5.82. The first kappa shape index (κ1) is 15.6. The van der Waals surface area contributed by atoms with Crippen LogP contribution in [-0.4, -0.2) is 30.9 Å². The molecule has 2 aromatic rings. The molecule has 1 aromatic heterocycles. The van der Waals surface area contributed by atoms with Gasteiger partial charge in [-0.2, -0.15) is 5.10 Å². The van der Waals surface area contributed by atoms with E-state index in [0.717, 1.165) is 11.3 Å². The molecule has 1 amide bonds. The number of nitrogens with one attached hydrogen (secondary N) is 1. The molecule has 0 atom stereocenters. The van der Waals surface area contributed by atoms with E-state index in [0.29, 0.717) is 11.5 Å².